The number of hydrogen-bond donors (Lipinski definition) is 1. The van der Waals surface area contributed by atoms with Crippen LogP contribution in [0.2, 0.25) is 5.28 Å². The molecule has 0 aliphatic heterocycles. The van der Waals surface area contributed by atoms with Gasteiger partial charge in [0.05, 0.1) is 39.1 Å². The molecule has 6 aromatic rings. The van der Waals surface area contributed by atoms with Crippen molar-refractivity contribution < 1.29 is 23.5 Å². The van der Waals surface area contributed by atoms with E-state index in [1.54, 1.807) is 6.20 Å². The van der Waals surface area contributed by atoms with E-state index in [-0.39, 0.29) is 49.4 Å². The number of halogens is 1. The van der Waals surface area contributed by atoms with Crippen LogP contribution in [0.15, 0.2) is 107 Å². The van der Waals surface area contributed by atoms with Crippen molar-refractivity contribution in [2.24, 2.45) is 14.1 Å². The number of aliphatic hydroxyl groups is 1. The molecule has 0 amide bonds. The Kier molecular flexibility index (Phi) is 10.9. The minimum Gasteiger partial charge on any atom is -0.378 e. The van der Waals surface area contributed by atoms with E-state index in [1.807, 2.05) is 91.0 Å². The molecule has 0 saturated heterocycles. The van der Waals surface area contributed by atoms with Crippen LogP contribution in [0, 0.1) is 0 Å². The lowest BCUT2D eigenvalue weighted by atomic mass is 10.2. The van der Waals surface area contributed by atoms with Crippen LogP contribution in [0.5, 0.6) is 0 Å². The first-order valence-electron chi connectivity index (χ1n) is 15.6. The normalized spacial score (nSPS) is 13.1. The third-order valence-electron chi connectivity index (χ3n) is 8.05. The molecule has 0 unspecified atom stereocenters. The molecule has 3 aromatic heterocycles. The van der Waals surface area contributed by atoms with E-state index in [9.17, 15) is 19.3 Å². The molecule has 1 N–H and O–H groups in total. The van der Waals surface area contributed by atoms with Crippen LogP contribution in [0.3, 0.4) is 0 Å². The monoisotopic (exact) mass is 719 g/mol. The standard InChI is InChI=1S/C34H35ClN7O7P/c1-39-30-29(31(43)40(2)34(39)45)42(33(35)36-30)19-27-18-41(38-37-27)20-28(47-21-24-12-6-3-7-13-24)32(44)50(46,48-22-25-14-8-4-9-15-25)49-23-26-16-10-5-11-17-26/h3-18,28,32,44H,19-23H2,1-2H3/t28-,32+/m0/s1. The van der Waals surface area contributed by atoms with Gasteiger partial charge in [0.25, 0.3) is 5.56 Å². The predicted octanol–water partition coefficient (Wildman–Crippen LogP) is 4.26. The van der Waals surface area contributed by atoms with Crippen LogP contribution < -0.4 is 11.2 Å². The zero-order valence-electron chi connectivity index (χ0n) is 27.3. The van der Waals surface area contributed by atoms with E-state index in [4.69, 9.17) is 25.4 Å². The van der Waals surface area contributed by atoms with Gasteiger partial charge in [-0.25, -0.2) is 9.48 Å². The largest absolute Gasteiger partial charge is 0.378 e. The van der Waals surface area contributed by atoms with Gasteiger partial charge in [-0.15, -0.1) is 5.10 Å². The van der Waals surface area contributed by atoms with Crippen molar-refractivity contribution >= 4 is 30.4 Å². The predicted molar refractivity (Wildman–Crippen MR) is 185 cm³/mol. The van der Waals surface area contributed by atoms with Gasteiger partial charge < -0.3 is 23.5 Å². The van der Waals surface area contributed by atoms with Gasteiger partial charge in [0.1, 0.15) is 11.8 Å². The van der Waals surface area contributed by atoms with E-state index in [2.05, 4.69) is 15.3 Å². The second-order valence-corrected chi connectivity index (χ2v) is 14.0. The summed E-state index contributed by atoms with van der Waals surface area (Å²) in [7, 11) is -1.40. The Hall–Kier alpha value is -4.69. The lowest BCUT2D eigenvalue weighted by Gasteiger charge is -2.29. The highest BCUT2D eigenvalue weighted by atomic mass is 35.5. The van der Waals surface area contributed by atoms with Crippen LogP contribution in [0.1, 0.15) is 22.4 Å². The molecule has 50 heavy (non-hydrogen) atoms. The third kappa shape index (κ3) is 7.86. The Bertz CT molecular complexity index is 2180. The fourth-order valence-electron chi connectivity index (χ4n) is 5.29. The van der Waals surface area contributed by atoms with Crippen molar-refractivity contribution in [2.75, 3.05) is 0 Å². The Balaban J connectivity index is 1.28. The summed E-state index contributed by atoms with van der Waals surface area (Å²) in [5.74, 6) is -1.73. The number of fused-ring (bicyclic) bond motifs is 1. The molecule has 3 aromatic carbocycles. The maximum Gasteiger partial charge on any atom is 0.362 e. The molecule has 0 spiro atoms. The summed E-state index contributed by atoms with van der Waals surface area (Å²) in [5.41, 5.74) is 1.87. The van der Waals surface area contributed by atoms with E-state index >= 15 is 0 Å². The second-order valence-electron chi connectivity index (χ2n) is 11.6. The van der Waals surface area contributed by atoms with Crippen molar-refractivity contribution in [2.45, 2.75) is 44.9 Å². The summed E-state index contributed by atoms with van der Waals surface area (Å²) in [6.45, 7) is -0.163. The molecule has 16 heteroatoms. The summed E-state index contributed by atoms with van der Waals surface area (Å²) in [5, 5.41) is 20.2. The van der Waals surface area contributed by atoms with Crippen LogP contribution in [0.25, 0.3) is 11.2 Å². The summed E-state index contributed by atoms with van der Waals surface area (Å²) >= 11 is 6.42. The first-order valence-corrected chi connectivity index (χ1v) is 17.6. The van der Waals surface area contributed by atoms with E-state index < -0.39 is 30.8 Å². The number of rotatable bonds is 15. The number of aromatic nitrogens is 7. The molecule has 0 saturated carbocycles. The molecule has 0 aliphatic rings. The number of aryl methyl sites for hydroxylation is 1. The van der Waals surface area contributed by atoms with Crippen LogP contribution in [-0.2, 0) is 65.4 Å². The lowest BCUT2D eigenvalue weighted by molar-refractivity contribution is -0.0384. The number of ether oxygens (including phenoxy) is 1. The highest BCUT2D eigenvalue weighted by Gasteiger charge is 2.42. The molecule has 260 valence electrons. The summed E-state index contributed by atoms with van der Waals surface area (Å²) in [4.78, 5) is 29.7. The van der Waals surface area contributed by atoms with Crippen LogP contribution in [0.4, 0.5) is 0 Å². The number of aliphatic hydroxyl groups excluding tert-OH is 1. The van der Waals surface area contributed by atoms with Crippen molar-refractivity contribution in [3.63, 3.8) is 0 Å². The number of benzene rings is 3. The summed E-state index contributed by atoms with van der Waals surface area (Å²) in [6.07, 6.45) is 0.447. The van der Waals surface area contributed by atoms with Crippen molar-refractivity contribution in [1.82, 2.24) is 33.7 Å². The molecular weight excluding hydrogens is 685 g/mol. The van der Waals surface area contributed by atoms with Crippen LogP contribution >= 0.6 is 19.2 Å². The SMILES string of the molecule is Cn1c(=O)c2c(nc(Cl)n2Cc2cn(C[C@H](OCc3ccccc3)[C@H](O)P(=O)(OCc3ccccc3)OCc3ccccc3)nn2)n(C)c1=O. The molecule has 2 atom stereocenters. The van der Waals surface area contributed by atoms with Crippen molar-refractivity contribution in [1.29, 1.82) is 0 Å². The fourth-order valence-corrected chi connectivity index (χ4v) is 7.14. The number of hydrogen-bond acceptors (Lipinski definition) is 10. The Morgan fingerprint density at radius 1 is 0.820 bits per heavy atom. The maximum absolute atomic E-state index is 14.5. The minimum absolute atomic E-state index is 0.000261. The average molecular weight is 720 g/mol. The van der Waals surface area contributed by atoms with Gasteiger partial charge in [-0.3, -0.25) is 18.5 Å². The van der Waals surface area contributed by atoms with E-state index in [0.717, 1.165) is 21.3 Å². The molecular formula is C34H35ClN7O7P. The molecule has 14 nitrogen and oxygen atoms in total. The van der Waals surface area contributed by atoms with Crippen LogP contribution in [-0.4, -0.2) is 50.7 Å². The Morgan fingerprint density at radius 2 is 1.36 bits per heavy atom. The Morgan fingerprint density at radius 3 is 1.92 bits per heavy atom. The molecule has 0 bridgehead atoms. The zero-order chi connectivity index (χ0) is 35.3. The highest BCUT2D eigenvalue weighted by Crippen LogP contribution is 2.55. The highest BCUT2D eigenvalue weighted by molar-refractivity contribution is 7.54. The van der Waals surface area contributed by atoms with Gasteiger partial charge in [-0.1, -0.05) is 96.2 Å². The first kappa shape index (κ1) is 35.1. The van der Waals surface area contributed by atoms with Gasteiger partial charge >= 0.3 is 13.3 Å². The maximum atomic E-state index is 14.5. The molecule has 0 aliphatic carbocycles. The second kappa shape index (κ2) is 15.5. The van der Waals surface area contributed by atoms with Crippen molar-refractivity contribution in [3.8, 4) is 0 Å². The smallest absolute Gasteiger partial charge is 0.362 e. The van der Waals surface area contributed by atoms with Crippen molar-refractivity contribution in [3.05, 3.63) is 146 Å². The van der Waals surface area contributed by atoms with Gasteiger partial charge in [0, 0.05) is 14.1 Å². The zero-order valence-corrected chi connectivity index (χ0v) is 28.9. The lowest BCUT2D eigenvalue weighted by Crippen LogP contribution is -2.37. The van der Waals surface area contributed by atoms with Gasteiger partial charge in [-0.2, -0.15) is 4.98 Å². The topological polar surface area (TPSA) is 158 Å². The van der Waals surface area contributed by atoms with E-state index in [1.165, 1.54) is 27.9 Å². The number of nitrogens with zero attached hydrogens (tertiary/aromatic N) is 7. The molecule has 6 rings (SSSR count). The minimum atomic E-state index is -4.27. The summed E-state index contributed by atoms with van der Waals surface area (Å²) < 4.78 is 37.6. The molecule has 3 heterocycles. The third-order valence-corrected chi connectivity index (χ3v) is 10.3. The average Bonchev–Trinajstić information content (AvgIpc) is 3.74. The summed E-state index contributed by atoms with van der Waals surface area (Å²) in [6, 6.07) is 27.6. The molecule has 0 fully saturated rings. The fraction of sp³-hybridized carbons (Fsp3) is 0.265. The van der Waals surface area contributed by atoms with Gasteiger partial charge in [0.2, 0.25) is 5.28 Å². The molecule has 0 radical (unpaired) electrons. The van der Waals surface area contributed by atoms with Gasteiger partial charge in [-0.05, 0) is 28.3 Å². The van der Waals surface area contributed by atoms with E-state index in [0.29, 0.717) is 5.69 Å². The first-order chi connectivity index (χ1) is 24.1. The van der Waals surface area contributed by atoms with Gasteiger partial charge in [0.15, 0.2) is 17.0 Å². The Labute approximate surface area is 291 Å². The number of imidazole rings is 1. The quantitative estimate of drug-likeness (QED) is 0.120.